The normalized spacial score (nSPS) is 8.33. The van der Waals surface area contributed by atoms with Crippen LogP contribution >= 0.6 is 22.9 Å². The van der Waals surface area contributed by atoms with Gasteiger partial charge in [0.15, 0.2) is 0 Å². The number of aromatic hydroxyl groups is 1. The van der Waals surface area contributed by atoms with Crippen molar-refractivity contribution in [2.75, 3.05) is 5.73 Å². The predicted octanol–water partition coefficient (Wildman–Crippen LogP) is 2.55. The van der Waals surface area contributed by atoms with Crippen LogP contribution in [0.3, 0.4) is 0 Å². The molecule has 15 heavy (non-hydrogen) atoms. The molecule has 0 fully saturated rings. The van der Waals surface area contributed by atoms with Crippen molar-refractivity contribution in [1.29, 1.82) is 0 Å². The van der Waals surface area contributed by atoms with E-state index >= 15 is 0 Å². The van der Waals surface area contributed by atoms with E-state index in [-0.39, 0.29) is 11.2 Å². The summed E-state index contributed by atoms with van der Waals surface area (Å²) in [5.74, 6) is 0.173. The Balaban J connectivity index is 0.000000245. The molecule has 0 spiro atoms. The second-order valence-electron chi connectivity index (χ2n) is 2.52. The molecule has 5 N–H and O–H groups in total. The third kappa shape index (κ3) is 5.27. The molecule has 1 aromatic carbocycles. The van der Waals surface area contributed by atoms with Gasteiger partial charge in [-0.3, -0.25) is 0 Å². The number of hydrogen-bond donors (Lipinski definition) is 2. The monoisotopic (exact) mass is 245 g/mol. The van der Waals surface area contributed by atoms with Gasteiger partial charge in [-0.05, 0) is 12.1 Å². The summed E-state index contributed by atoms with van der Waals surface area (Å²) < 4.78 is 0. The molecule has 0 unspecified atom stereocenters. The van der Waals surface area contributed by atoms with Gasteiger partial charge >= 0.3 is 0 Å². The molecule has 2 rings (SSSR count). The molecule has 0 aliphatic heterocycles. The summed E-state index contributed by atoms with van der Waals surface area (Å²) in [4.78, 5) is 0. The number of nitrogens with two attached hydrogens (primary N) is 1. The second kappa shape index (κ2) is 7.11. The van der Waals surface area contributed by atoms with E-state index in [4.69, 9.17) is 22.4 Å². The van der Waals surface area contributed by atoms with E-state index < -0.39 is 0 Å². The number of anilines is 1. The lowest BCUT2D eigenvalue weighted by atomic mass is 10.3. The standard InChI is InChI=1S/C6H7N.C4H3ClOS.H2O/c7-6-4-2-1-3-5-6;5-3-1-7-2-4(3)6;/h1-5H,7H2;1-2,6H;1H2. The summed E-state index contributed by atoms with van der Waals surface area (Å²) in [5, 5.41) is 12.3. The van der Waals surface area contributed by atoms with Crippen molar-refractivity contribution < 1.29 is 10.6 Å². The molecule has 0 radical (unpaired) electrons. The van der Waals surface area contributed by atoms with E-state index in [1.54, 1.807) is 10.8 Å². The molecular weight excluding hydrogens is 234 g/mol. The third-order valence-electron chi connectivity index (χ3n) is 1.40. The highest BCUT2D eigenvalue weighted by Crippen LogP contribution is 2.25. The number of halogens is 1. The Kier molecular flexibility index (Phi) is 6.53. The van der Waals surface area contributed by atoms with Crippen LogP contribution < -0.4 is 5.73 Å². The van der Waals surface area contributed by atoms with Gasteiger partial charge in [-0.25, -0.2) is 0 Å². The topological polar surface area (TPSA) is 77.8 Å². The molecule has 3 nitrogen and oxygen atoms in total. The van der Waals surface area contributed by atoms with Gasteiger partial charge in [0.25, 0.3) is 0 Å². The smallest absolute Gasteiger partial charge is 0.144 e. The third-order valence-corrected chi connectivity index (χ3v) is 2.56. The van der Waals surface area contributed by atoms with Crippen molar-refractivity contribution in [3.05, 3.63) is 46.1 Å². The van der Waals surface area contributed by atoms with Crippen LogP contribution in [-0.2, 0) is 0 Å². The molecule has 0 saturated heterocycles. The molecule has 0 amide bonds. The van der Waals surface area contributed by atoms with Crippen LogP contribution in [0.2, 0.25) is 5.02 Å². The van der Waals surface area contributed by atoms with Gasteiger partial charge in [-0.1, -0.05) is 29.8 Å². The molecule has 1 aromatic heterocycles. The van der Waals surface area contributed by atoms with Crippen LogP contribution in [0.5, 0.6) is 5.75 Å². The number of nitrogen functional groups attached to an aromatic ring is 1. The molecule has 0 aliphatic rings. The summed E-state index contributed by atoms with van der Waals surface area (Å²) in [6.07, 6.45) is 0. The molecule has 1 heterocycles. The first kappa shape index (κ1) is 13.8. The quantitative estimate of drug-likeness (QED) is 0.700. The van der Waals surface area contributed by atoms with Gasteiger partial charge in [0.2, 0.25) is 0 Å². The lowest BCUT2D eigenvalue weighted by Gasteiger charge is -1.83. The number of rotatable bonds is 0. The Morgan fingerprint density at radius 1 is 1.13 bits per heavy atom. The molecule has 82 valence electrons. The zero-order valence-corrected chi connectivity index (χ0v) is 9.42. The highest BCUT2D eigenvalue weighted by Gasteiger charge is 1.93. The molecule has 0 saturated carbocycles. The van der Waals surface area contributed by atoms with Gasteiger partial charge in [-0.15, -0.1) is 11.3 Å². The van der Waals surface area contributed by atoms with E-state index in [1.165, 1.54) is 11.3 Å². The number of hydrogen-bond acceptors (Lipinski definition) is 3. The molecular formula is C10H12ClNO2S. The Morgan fingerprint density at radius 2 is 1.73 bits per heavy atom. The Bertz CT molecular complexity index is 361. The van der Waals surface area contributed by atoms with E-state index in [2.05, 4.69) is 0 Å². The van der Waals surface area contributed by atoms with Gasteiger partial charge in [0.1, 0.15) is 5.75 Å². The first-order valence-corrected chi connectivity index (χ1v) is 5.23. The molecule has 0 aliphatic carbocycles. The van der Waals surface area contributed by atoms with Crippen molar-refractivity contribution >= 4 is 28.6 Å². The first-order chi connectivity index (χ1) is 6.70. The highest BCUT2D eigenvalue weighted by molar-refractivity contribution is 7.08. The van der Waals surface area contributed by atoms with Crippen molar-refractivity contribution in [1.82, 2.24) is 0 Å². The van der Waals surface area contributed by atoms with E-state index in [0.29, 0.717) is 5.02 Å². The maximum absolute atomic E-state index is 8.64. The first-order valence-electron chi connectivity index (χ1n) is 3.91. The van der Waals surface area contributed by atoms with Crippen molar-refractivity contribution in [2.45, 2.75) is 0 Å². The molecule has 0 atom stereocenters. The van der Waals surface area contributed by atoms with Crippen LogP contribution in [0.4, 0.5) is 5.69 Å². The van der Waals surface area contributed by atoms with Gasteiger partial charge in [-0.2, -0.15) is 0 Å². The maximum Gasteiger partial charge on any atom is 0.144 e. The maximum atomic E-state index is 8.64. The number of thiophene rings is 1. The Hall–Kier alpha value is -1.23. The van der Waals surface area contributed by atoms with E-state index in [0.717, 1.165) is 5.69 Å². The minimum Gasteiger partial charge on any atom is -0.506 e. The number of para-hydroxylation sites is 1. The fourth-order valence-electron chi connectivity index (χ4n) is 0.728. The van der Waals surface area contributed by atoms with Crippen molar-refractivity contribution in [3.8, 4) is 5.75 Å². The zero-order chi connectivity index (χ0) is 10.4. The fourth-order valence-corrected chi connectivity index (χ4v) is 1.57. The average molecular weight is 246 g/mol. The van der Waals surface area contributed by atoms with Crippen LogP contribution in [-0.4, -0.2) is 10.6 Å². The predicted molar refractivity (Wildman–Crippen MR) is 65.5 cm³/mol. The summed E-state index contributed by atoms with van der Waals surface area (Å²) in [6.45, 7) is 0. The molecule has 2 aromatic rings. The highest BCUT2D eigenvalue weighted by atomic mass is 35.5. The van der Waals surface area contributed by atoms with Gasteiger partial charge in [0, 0.05) is 16.4 Å². The van der Waals surface area contributed by atoms with E-state index in [1.807, 2.05) is 30.3 Å². The minimum absolute atomic E-state index is 0. The second-order valence-corrected chi connectivity index (χ2v) is 3.67. The Morgan fingerprint density at radius 3 is 1.93 bits per heavy atom. The van der Waals surface area contributed by atoms with Crippen LogP contribution in [0.15, 0.2) is 41.1 Å². The summed E-state index contributed by atoms with van der Waals surface area (Å²) in [5.41, 5.74) is 6.18. The SMILES string of the molecule is Nc1ccccc1.O.Oc1cscc1Cl. The molecule has 5 heteroatoms. The summed E-state index contributed by atoms with van der Waals surface area (Å²) >= 11 is 6.77. The number of benzene rings is 1. The van der Waals surface area contributed by atoms with Crippen molar-refractivity contribution in [2.24, 2.45) is 0 Å². The van der Waals surface area contributed by atoms with Crippen LogP contribution in [0.25, 0.3) is 0 Å². The minimum atomic E-state index is 0. The largest absolute Gasteiger partial charge is 0.506 e. The Labute approximate surface area is 97.1 Å². The van der Waals surface area contributed by atoms with Gasteiger partial charge in [0.05, 0.1) is 5.02 Å². The average Bonchev–Trinajstić information content (AvgIpc) is 2.53. The summed E-state index contributed by atoms with van der Waals surface area (Å²) in [7, 11) is 0. The molecule has 0 bridgehead atoms. The van der Waals surface area contributed by atoms with E-state index in [9.17, 15) is 0 Å². The van der Waals surface area contributed by atoms with Crippen LogP contribution in [0.1, 0.15) is 0 Å². The van der Waals surface area contributed by atoms with Crippen LogP contribution in [0, 0.1) is 0 Å². The van der Waals surface area contributed by atoms with Gasteiger partial charge < -0.3 is 16.3 Å². The lowest BCUT2D eigenvalue weighted by Crippen LogP contribution is -1.79. The fraction of sp³-hybridized carbons (Fsp3) is 0. The lowest BCUT2D eigenvalue weighted by molar-refractivity contribution is 0.478. The summed E-state index contributed by atoms with van der Waals surface area (Å²) in [6, 6.07) is 9.49. The zero-order valence-electron chi connectivity index (χ0n) is 7.85. The van der Waals surface area contributed by atoms with Crippen molar-refractivity contribution in [3.63, 3.8) is 0 Å².